The van der Waals surface area contributed by atoms with Gasteiger partial charge in [-0.3, -0.25) is 0 Å². The first kappa shape index (κ1) is 6.90. The molecule has 1 aliphatic rings. The predicted molar refractivity (Wildman–Crippen MR) is 27.8 cm³/mol. The van der Waals surface area contributed by atoms with Gasteiger partial charge < -0.3 is 0 Å². The Labute approximate surface area is 52.1 Å². The zero-order chi connectivity index (χ0) is 6.91. The molecule has 1 radical (unpaired) electrons. The van der Waals surface area contributed by atoms with E-state index in [4.69, 9.17) is 0 Å². The van der Waals surface area contributed by atoms with Gasteiger partial charge >= 0.3 is 0 Å². The summed E-state index contributed by atoms with van der Waals surface area (Å²) in [6, 6.07) is 0. The van der Waals surface area contributed by atoms with E-state index in [2.05, 4.69) is 0 Å². The molecule has 1 saturated carbocycles. The van der Waals surface area contributed by atoms with E-state index < -0.39 is 5.92 Å². The Morgan fingerprint density at radius 1 is 1.11 bits per heavy atom. The van der Waals surface area contributed by atoms with Crippen molar-refractivity contribution in [3.63, 3.8) is 0 Å². The van der Waals surface area contributed by atoms with E-state index in [-0.39, 0.29) is 31.9 Å². The largest absolute Gasteiger partial charge is 0.248 e. The summed E-state index contributed by atoms with van der Waals surface area (Å²) in [5.41, 5.74) is 0. The van der Waals surface area contributed by atoms with Crippen LogP contribution in [-0.4, -0.2) is 5.92 Å². The molecule has 0 aliphatic heterocycles. The zero-order valence-electron chi connectivity index (χ0n) is 4.96. The third-order valence-corrected chi connectivity index (χ3v) is 1.52. The summed E-state index contributed by atoms with van der Waals surface area (Å²) in [5, 5.41) is 0. The first-order valence-corrected chi connectivity index (χ1v) is 2.98. The summed E-state index contributed by atoms with van der Waals surface area (Å²) in [6.07, 6.45) is -0.988. The van der Waals surface area contributed by atoms with Crippen LogP contribution in [0.3, 0.4) is 0 Å². The van der Waals surface area contributed by atoms with Crippen LogP contribution in [0.5, 0.6) is 0 Å². The highest BCUT2D eigenvalue weighted by Crippen LogP contribution is 2.37. The van der Waals surface area contributed by atoms with E-state index in [0.29, 0.717) is 0 Å². The highest BCUT2D eigenvalue weighted by atomic mass is 19.3. The second kappa shape index (κ2) is 2.20. The highest BCUT2D eigenvalue weighted by molar-refractivity contribution is 4.87. The highest BCUT2D eigenvalue weighted by Gasteiger charge is 2.35. The molecule has 0 atom stereocenters. The maximum absolute atomic E-state index is 12.2. The van der Waals surface area contributed by atoms with Crippen LogP contribution in [0.2, 0.25) is 0 Å². The number of hydrogen-bond acceptors (Lipinski definition) is 0. The molecule has 0 amide bonds. The molecule has 1 fully saturated rings. The minimum absolute atomic E-state index is 0.0486. The molecule has 0 aromatic heterocycles. The van der Waals surface area contributed by atoms with Gasteiger partial charge in [-0.1, -0.05) is 0 Å². The molecule has 0 aromatic carbocycles. The molecule has 0 bridgehead atoms. The van der Waals surface area contributed by atoms with Gasteiger partial charge in [0.25, 0.3) is 0 Å². The van der Waals surface area contributed by atoms with E-state index in [1.54, 1.807) is 0 Å². The van der Waals surface area contributed by atoms with Crippen molar-refractivity contribution in [2.45, 2.75) is 31.6 Å². The molecule has 0 N–H and O–H groups in total. The van der Waals surface area contributed by atoms with Crippen molar-refractivity contribution >= 4 is 0 Å². The van der Waals surface area contributed by atoms with Crippen LogP contribution in [0.4, 0.5) is 13.2 Å². The molecule has 9 heavy (non-hydrogen) atoms. The van der Waals surface area contributed by atoms with Gasteiger partial charge in [-0.2, -0.15) is 0 Å². The topological polar surface area (TPSA) is 0 Å². The summed E-state index contributed by atoms with van der Waals surface area (Å²) in [4.78, 5) is 0. The number of rotatable bonds is 0. The second-order valence-corrected chi connectivity index (χ2v) is 2.37. The van der Waals surface area contributed by atoms with Crippen LogP contribution in [-0.2, 0) is 0 Å². The summed E-state index contributed by atoms with van der Waals surface area (Å²) in [6.45, 7) is 0. The molecular formula is C6H8F3. The van der Waals surface area contributed by atoms with E-state index in [1.807, 2.05) is 0 Å². The van der Waals surface area contributed by atoms with Crippen LogP contribution in [0.1, 0.15) is 25.7 Å². The van der Waals surface area contributed by atoms with Crippen LogP contribution in [0, 0.1) is 6.17 Å². The minimum atomic E-state index is -2.60. The average molecular weight is 137 g/mol. The Bertz CT molecular complexity index is 90.5. The van der Waals surface area contributed by atoms with E-state index in [1.165, 1.54) is 0 Å². The van der Waals surface area contributed by atoms with Crippen LogP contribution >= 0.6 is 0 Å². The van der Waals surface area contributed by atoms with Crippen molar-refractivity contribution in [3.05, 3.63) is 6.17 Å². The van der Waals surface area contributed by atoms with Gasteiger partial charge in [0.15, 0.2) is 0 Å². The Balaban J connectivity index is 2.35. The minimum Gasteiger partial charge on any atom is -0.240 e. The molecule has 3 heteroatoms. The molecular weight excluding hydrogens is 129 g/mol. The monoisotopic (exact) mass is 137 g/mol. The van der Waals surface area contributed by atoms with Crippen molar-refractivity contribution in [1.29, 1.82) is 0 Å². The fraction of sp³-hybridized carbons (Fsp3) is 0.833. The van der Waals surface area contributed by atoms with Crippen molar-refractivity contribution in [2.24, 2.45) is 0 Å². The second-order valence-electron chi connectivity index (χ2n) is 2.37. The molecule has 0 unspecified atom stereocenters. The van der Waals surface area contributed by atoms with Gasteiger partial charge in [-0.05, 0) is 12.8 Å². The number of hydrogen-bond donors (Lipinski definition) is 0. The quantitative estimate of drug-likeness (QED) is 0.481. The Kier molecular flexibility index (Phi) is 1.68. The van der Waals surface area contributed by atoms with Gasteiger partial charge in [0.1, 0.15) is 6.17 Å². The van der Waals surface area contributed by atoms with Crippen molar-refractivity contribution in [2.75, 3.05) is 0 Å². The first-order valence-electron chi connectivity index (χ1n) is 2.98. The van der Waals surface area contributed by atoms with Crippen molar-refractivity contribution in [1.82, 2.24) is 0 Å². The van der Waals surface area contributed by atoms with Crippen LogP contribution < -0.4 is 0 Å². The summed E-state index contributed by atoms with van der Waals surface area (Å²) in [5.74, 6) is -2.60. The lowest BCUT2D eigenvalue weighted by Gasteiger charge is -2.22. The SMILES string of the molecule is F[C]1CCC(F)(F)CC1. The molecule has 1 rings (SSSR count). The molecule has 0 spiro atoms. The van der Waals surface area contributed by atoms with E-state index in [9.17, 15) is 13.2 Å². The molecule has 53 valence electrons. The molecule has 0 aromatic rings. The maximum Gasteiger partial charge on any atom is 0.248 e. The summed E-state index contributed by atoms with van der Waals surface area (Å²) < 4.78 is 36.5. The molecule has 0 saturated heterocycles. The van der Waals surface area contributed by atoms with Gasteiger partial charge in [0.2, 0.25) is 5.92 Å². The maximum atomic E-state index is 12.2. The lowest BCUT2D eigenvalue weighted by Crippen LogP contribution is -2.21. The normalized spacial score (nSPS) is 28.3. The lowest BCUT2D eigenvalue weighted by molar-refractivity contribution is -0.0361. The Hall–Kier alpha value is -0.210. The molecule has 1 aliphatic carbocycles. The Morgan fingerprint density at radius 3 is 1.89 bits per heavy atom. The summed E-state index contributed by atoms with van der Waals surface area (Å²) in [7, 11) is 0. The standard InChI is InChI=1S/C6H8F3/c7-5-1-3-6(8,9)4-2-5/h1-4H2. The third-order valence-electron chi connectivity index (χ3n) is 1.52. The van der Waals surface area contributed by atoms with Gasteiger partial charge in [-0.15, -0.1) is 0 Å². The van der Waals surface area contributed by atoms with Crippen molar-refractivity contribution < 1.29 is 13.2 Å². The third kappa shape index (κ3) is 1.88. The van der Waals surface area contributed by atoms with Crippen LogP contribution in [0.15, 0.2) is 0 Å². The van der Waals surface area contributed by atoms with Crippen molar-refractivity contribution in [3.8, 4) is 0 Å². The first-order chi connectivity index (χ1) is 4.10. The number of halogens is 3. The summed E-state index contributed by atoms with van der Waals surface area (Å²) >= 11 is 0. The van der Waals surface area contributed by atoms with E-state index >= 15 is 0 Å². The van der Waals surface area contributed by atoms with Gasteiger partial charge in [0, 0.05) is 12.8 Å². The fourth-order valence-corrected chi connectivity index (χ4v) is 0.887. The van der Waals surface area contributed by atoms with Gasteiger partial charge in [0.05, 0.1) is 0 Å². The van der Waals surface area contributed by atoms with E-state index in [0.717, 1.165) is 0 Å². The number of alkyl halides is 2. The molecule has 0 nitrogen and oxygen atoms in total. The predicted octanol–water partition coefficient (Wildman–Crippen LogP) is 2.70. The average Bonchev–Trinajstić information content (AvgIpc) is 1.78. The fourth-order valence-electron chi connectivity index (χ4n) is 0.887. The zero-order valence-corrected chi connectivity index (χ0v) is 4.96. The van der Waals surface area contributed by atoms with Crippen LogP contribution in [0.25, 0.3) is 0 Å². The van der Waals surface area contributed by atoms with Gasteiger partial charge in [-0.25, -0.2) is 13.2 Å². The smallest absolute Gasteiger partial charge is 0.240 e. The Morgan fingerprint density at radius 2 is 1.56 bits per heavy atom. The molecule has 0 heterocycles. The lowest BCUT2D eigenvalue weighted by atomic mass is 9.95.